The molecule has 0 radical (unpaired) electrons. The number of anilines is 4. The Labute approximate surface area is 346 Å². The molecule has 0 atom stereocenters. The molecule has 4 aliphatic rings. The van der Waals surface area contributed by atoms with E-state index in [-0.39, 0.29) is 16.4 Å². The van der Waals surface area contributed by atoms with Crippen LogP contribution in [0.5, 0.6) is 0 Å². The van der Waals surface area contributed by atoms with E-state index in [0.717, 1.165) is 42.6 Å². The highest BCUT2D eigenvalue weighted by Gasteiger charge is 2.37. The number of aliphatic carboxylic acids is 1. The maximum absolute atomic E-state index is 11.5. The molecule has 2 aliphatic carbocycles. The van der Waals surface area contributed by atoms with Crippen LogP contribution in [0, 0.1) is 11.3 Å². The summed E-state index contributed by atoms with van der Waals surface area (Å²) in [5, 5.41) is 18.7. The Balaban J connectivity index is 0.982. The lowest BCUT2D eigenvalue weighted by Crippen LogP contribution is -2.17. The summed E-state index contributed by atoms with van der Waals surface area (Å²) in [4.78, 5) is 16.4. The van der Waals surface area contributed by atoms with Crippen LogP contribution in [-0.4, -0.2) is 24.2 Å². The normalized spacial score (nSPS) is 16.2. The van der Waals surface area contributed by atoms with E-state index in [2.05, 4.69) is 159 Å². The van der Waals surface area contributed by atoms with E-state index in [1.54, 1.807) is 12.1 Å². The van der Waals surface area contributed by atoms with Crippen molar-refractivity contribution in [3.05, 3.63) is 196 Å². The number of carbonyl (C=O) groups is 1. The fourth-order valence-electron chi connectivity index (χ4n) is 10.2. The average Bonchev–Trinajstić information content (AvgIpc) is 3.98. The molecule has 288 valence electrons. The summed E-state index contributed by atoms with van der Waals surface area (Å²) in [6.45, 7) is 11.1. The van der Waals surface area contributed by atoms with Crippen molar-refractivity contribution >= 4 is 34.3 Å². The quantitative estimate of drug-likeness (QED) is 0.0995. The number of hydrogen-bond acceptors (Lipinski definition) is 4. The van der Waals surface area contributed by atoms with E-state index in [4.69, 9.17) is 0 Å². The maximum atomic E-state index is 11.5. The molecule has 6 aromatic rings. The molecule has 0 aromatic heterocycles. The third-order valence-corrected chi connectivity index (χ3v) is 13.3. The summed E-state index contributed by atoms with van der Waals surface area (Å²) in [5.41, 5.74) is 21.1. The Morgan fingerprint density at radius 2 is 1.05 bits per heavy atom. The third-order valence-electron chi connectivity index (χ3n) is 13.3. The molecule has 0 unspecified atom stereocenters. The van der Waals surface area contributed by atoms with Crippen LogP contribution in [-0.2, 0) is 28.5 Å². The van der Waals surface area contributed by atoms with Crippen LogP contribution in [0.3, 0.4) is 0 Å². The van der Waals surface area contributed by atoms with Crippen LogP contribution < -0.4 is 9.80 Å². The highest BCUT2D eigenvalue weighted by atomic mass is 16.4. The second-order valence-electron chi connectivity index (χ2n) is 17.3. The van der Waals surface area contributed by atoms with Gasteiger partial charge in [0.2, 0.25) is 0 Å². The molecule has 6 aromatic carbocycles. The molecule has 0 saturated carbocycles. The molecule has 10 rings (SSSR count). The van der Waals surface area contributed by atoms with Crippen molar-refractivity contribution in [3.8, 4) is 28.3 Å². The minimum Gasteiger partial charge on any atom is -0.477 e. The smallest absolute Gasteiger partial charge is 0.346 e. The first-order chi connectivity index (χ1) is 28.5. The van der Waals surface area contributed by atoms with Crippen molar-refractivity contribution in [2.75, 3.05) is 22.9 Å². The molecule has 0 saturated heterocycles. The van der Waals surface area contributed by atoms with Crippen molar-refractivity contribution in [1.82, 2.24) is 0 Å². The predicted octanol–water partition coefficient (Wildman–Crippen LogP) is 12.2. The predicted molar refractivity (Wildman–Crippen MR) is 240 cm³/mol. The molecule has 1 N–H and O–H groups in total. The van der Waals surface area contributed by atoms with Gasteiger partial charge in [-0.05, 0) is 140 Å². The molecule has 5 heteroatoms. The Bertz CT molecular complexity index is 2730. The number of benzene rings is 6. The van der Waals surface area contributed by atoms with Gasteiger partial charge in [-0.1, -0.05) is 119 Å². The molecule has 5 nitrogen and oxygen atoms in total. The Hall–Kier alpha value is -6.90. The topological polar surface area (TPSA) is 67.6 Å². The minimum absolute atomic E-state index is 0.0628. The third kappa shape index (κ3) is 5.77. The Morgan fingerprint density at radius 1 is 0.593 bits per heavy atom. The van der Waals surface area contributed by atoms with Gasteiger partial charge in [0.25, 0.3) is 0 Å². The van der Waals surface area contributed by atoms with Crippen molar-refractivity contribution < 1.29 is 9.90 Å². The fraction of sp³-hybridized carbons (Fsp3) is 0.185. The lowest BCUT2D eigenvalue weighted by atomic mass is 9.82. The highest BCUT2D eigenvalue weighted by molar-refractivity contribution is 5.92. The standard InChI is InChI=1S/C54H45N3O2/c1-53(2)46-15-9-7-13-42(46)44-21-19-39(31-48(44)53)56-27-25-36-29-34(17-23-50(36)56)41(12-6-5-11-38(33-55)52(58)59)35-18-24-51-37(30-35)26-28-57(51)40-20-22-45-43-14-8-10-16-47(43)54(3,4)49(45)32-40/h5-24,29-32H,25-28H2,1-4H3,(H,58,59). The van der Waals surface area contributed by atoms with Crippen LogP contribution >= 0.6 is 0 Å². The van der Waals surface area contributed by atoms with Crippen LogP contribution in [0.15, 0.2) is 151 Å². The second-order valence-corrected chi connectivity index (χ2v) is 17.3. The van der Waals surface area contributed by atoms with E-state index in [1.807, 2.05) is 12.2 Å². The zero-order chi connectivity index (χ0) is 40.6. The van der Waals surface area contributed by atoms with Gasteiger partial charge in [0.1, 0.15) is 11.6 Å². The van der Waals surface area contributed by atoms with E-state index >= 15 is 0 Å². The number of hydrogen-bond donors (Lipinski definition) is 1. The van der Waals surface area contributed by atoms with E-state index in [0.29, 0.717) is 0 Å². The summed E-state index contributed by atoms with van der Waals surface area (Å²) in [6, 6.07) is 46.8. The van der Waals surface area contributed by atoms with Gasteiger partial charge in [0, 0.05) is 46.7 Å². The van der Waals surface area contributed by atoms with Gasteiger partial charge in [0.15, 0.2) is 0 Å². The fourth-order valence-corrected chi connectivity index (χ4v) is 10.2. The molecule has 2 heterocycles. The van der Waals surface area contributed by atoms with Crippen LogP contribution in [0.1, 0.15) is 72.2 Å². The minimum atomic E-state index is -1.24. The molecule has 2 aliphatic heterocycles. The molecule has 0 fully saturated rings. The lowest BCUT2D eigenvalue weighted by Gasteiger charge is -2.25. The van der Waals surface area contributed by atoms with Gasteiger partial charge in [0.05, 0.1) is 0 Å². The molecule has 59 heavy (non-hydrogen) atoms. The average molecular weight is 768 g/mol. The van der Waals surface area contributed by atoms with Crippen molar-refractivity contribution in [3.63, 3.8) is 0 Å². The number of allylic oxidation sites excluding steroid dienone is 4. The SMILES string of the molecule is CC1(C)c2ccccc2-c2ccc(N3CCc4cc(C(=CC=CC=C(C#N)C(=O)O)c5ccc6c(c5)CCN6c5ccc6c(c5)C(C)(C)c5ccccc5-6)ccc43)cc21. The van der Waals surface area contributed by atoms with Gasteiger partial charge < -0.3 is 14.9 Å². The second kappa shape index (κ2) is 13.6. The number of carboxylic acids is 1. The number of fused-ring (bicyclic) bond motifs is 8. The number of rotatable bonds is 7. The van der Waals surface area contributed by atoms with Crippen LogP contribution in [0.2, 0.25) is 0 Å². The molecule has 0 bridgehead atoms. The summed E-state index contributed by atoms with van der Waals surface area (Å²) in [5.74, 6) is -1.24. The number of nitrogens with zero attached hydrogens (tertiary/aromatic N) is 3. The van der Waals surface area contributed by atoms with Gasteiger partial charge in [-0.15, -0.1) is 0 Å². The maximum Gasteiger partial charge on any atom is 0.346 e. The first-order valence-corrected chi connectivity index (χ1v) is 20.6. The molecule has 0 amide bonds. The molecular formula is C54H45N3O2. The van der Waals surface area contributed by atoms with Crippen molar-refractivity contribution in [2.24, 2.45) is 0 Å². The van der Waals surface area contributed by atoms with Gasteiger partial charge in [-0.2, -0.15) is 5.26 Å². The Morgan fingerprint density at radius 3 is 1.53 bits per heavy atom. The van der Waals surface area contributed by atoms with Crippen LogP contribution in [0.4, 0.5) is 22.7 Å². The van der Waals surface area contributed by atoms with E-state index in [9.17, 15) is 15.2 Å². The van der Waals surface area contributed by atoms with Crippen molar-refractivity contribution in [1.29, 1.82) is 5.26 Å². The number of carboxylic acid groups (broad SMARTS) is 1. The van der Waals surface area contributed by atoms with Gasteiger partial charge in [-0.25, -0.2) is 4.79 Å². The van der Waals surface area contributed by atoms with Crippen LogP contribution in [0.25, 0.3) is 27.8 Å². The Kier molecular flexibility index (Phi) is 8.40. The van der Waals surface area contributed by atoms with Gasteiger partial charge in [-0.3, -0.25) is 0 Å². The highest BCUT2D eigenvalue weighted by Crippen LogP contribution is 2.52. The number of nitriles is 1. The largest absolute Gasteiger partial charge is 0.477 e. The van der Waals surface area contributed by atoms with E-state index in [1.165, 1.54) is 84.5 Å². The van der Waals surface area contributed by atoms with Gasteiger partial charge >= 0.3 is 5.97 Å². The molecule has 0 spiro atoms. The first-order valence-electron chi connectivity index (χ1n) is 20.6. The van der Waals surface area contributed by atoms with E-state index < -0.39 is 5.97 Å². The first kappa shape index (κ1) is 36.4. The zero-order valence-corrected chi connectivity index (χ0v) is 33.9. The summed E-state index contributed by atoms with van der Waals surface area (Å²) in [7, 11) is 0. The summed E-state index contributed by atoms with van der Waals surface area (Å²) < 4.78 is 0. The summed E-state index contributed by atoms with van der Waals surface area (Å²) in [6.07, 6.45) is 8.73. The molecular weight excluding hydrogens is 723 g/mol. The monoisotopic (exact) mass is 767 g/mol. The zero-order valence-electron chi connectivity index (χ0n) is 33.9. The summed E-state index contributed by atoms with van der Waals surface area (Å²) >= 11 is 0. The lowest BCUT2D eigenvalue weighted by molar-refractivity contribution is -0.132. The van der Waals surface area contributed by atoms with Crippen molar-refractivity contribution in [2.45, 2.75) is 51.4 Å².